The van der Waals surface area contributed by atoms with E-state index < -0.39 is 0 Å². The van der Waals surface area contributed by atoms with Crippen LogP contribution in [0, 0.1) is 5.92 Å². The molecule has 0 radical (unpaired) electrons. The smallest absolute Gasteiger partial charge is 0.124 e. The molecule has 0 spiro atoms. The fourth-order valence-electron chi connectivity index (χ4n) is 2.32. The number of nitrogens with one attached hydrogen (secondary N) is 1. The average Bonchev–Trinajstić information content (AvgIpc) is 2.36. The Bertz CT molecular complexity index is 349. The Labute approximate surface area is 112 Å². The van der Waals surface area contributed by atoms with Crippen LogP contribution >= 0.6 is 0 Å². The van der Waals surface area contributed by atoms with Crippen molar-refractivity contribution >= 4 is 0 Å². The number of hydrogen-bond donors (Lipinski definition) is 1. The fraction of sp³-hybridized carbons (Fsp3) is 0.625. The molecule has 0 aromatic heterocycles. The molecule has 0 saturated carbocycles. The first-order chi connectivity index (χ1) is 8.60. The molecule has 0 amide bonds. The Hall–Kier alpha value is -1.02. The van der Waals surface area contributed by atoms with Crippen LogP contribution in [-0.4, -0.2) is 12.6 Å². The molecule has 0 saturated heterocycles. The first-order valence-electron chi connectivity index (χ1n) is 7.07. The zero-order valence-electron chi connectivity index (χ0n) is 12.4. The van der Waals surface area contributed by atoms with Gasteiger partial charge in [0.05, 0.1) is 6.61 Å². The minimum atomic E-state index is 0.320. The lowest BCUT2D eigenvalue weighted by Gasteiger charge is -2.26. The molecule has 0 fully saturated rings. The summed E-state index contributed by atoms with van der Waals surface area (Å²) in [6.07, 6.45) is 1.15. The molecule has 102 valence electrons. The maximum Gasteiger partial charge on any atom is 0.124 e. The van der Waals surface area contributed by atoms with Gasteiger partial charge in [0.25, 0.3) is 0 Å². The summed E-state index contributed by atoms with van der Waals surface area (Å²) in [7, 11) is 0. The van der Waals surface area contributed by atoms with Gasteiger partial charge in [0.1, 0.15) is 5.75 Å². The fourth-order valence-corrected chi connectivity index (χ4v) is 2.32. The van der Waals surface area contributed by atoms with Gasteiger partial charge in [-0.2, -0.15) is 0 Å². The molecule has 2 atom stereocenters. The summed E-state index contributed by atoms with van der Waals surface area (Å²) in [5.74, 6) is 1.65. The third-order valence-electron chi connectivity index (χ3n) is 3.39. The van der Waals surface area contributed by atoms with Crippen molar-refractivity contribution in [3.05, 3.63) is 29.8 Å². The molecule has 1 aromatic carbocycles. The second kappa shape index (κ2) is 7.42. The Balaban J connectivity index is 2.79. The summed E-state index contributed by atoms with van der Waals surface area (Å²) in [6.45, 7) is 11.7. The van der Waals surface area contributed by atoms with Crippen molar-refractivity contribution in [2.45, 2.75) is 53.1 Å². The van der Waals surface area contributed by atoms with E-state index in [1.54, 1.807) is 0 Å². The second-order valence-corrected chi connectivity index (χ2v) is 5.12. The van der Waals surface area contributed by atoms with Crippen LogP contribution in [0.5, 0.6) is 5.75 Å². The lowest BCUT2D eigenvalue weighted by molar-refractivity contribution is 0.320. The van der Waals surface area contributed by atoms with E-state index in [-0.39, 0.29) is 0 Å². The third-order valence-corrected chi connectivity index (χ3v) is 3.39. The van der Waals surface area contributed by atoms with Gasteiger partial charge in [-0.05, 0) is 32.3 Å². The van der Waals surface area contributed by atoms with Gasteiger partial charge in [-0.3, -0.25) is 0 Å². The van der Waals surface area contributed by atoms with Crippen LogP contribution in [0.1, 0.15) is 52.6 Å². The summed E-state index contributed by atoms with van der Waals surface area (Å²) < 4.78 is 5.69. The summed E-state index contributed by atoms with van der Waals surface area (Å²) in [5, 5.41) is 3.70. The minimum absolute atomic E-state index is 0.320. The predicted molar refractivity (Wildman–Crippen MR) is 78.1 cm³/mol. The highest BCUT2D eigenvalue weighted by Crippen LogP contribution is 2.26. The zero-order valence-corrected chi connectivity index (χ0v) is 12.4. The quantitative estimate of drug-likeness (QED) is 0.783. The minimum Gasteiger partial charge on any atom is -0.494 e. The highest BCUT2D eigenvalue weighted by Gasteiger charge is 2.17. The van der Waals surface area contributed by atoms with Crippen molar-refractivity contribution in [1.82, 2.24) is 5.32 Å². The highest BCUT2D eigenvalue weighted by molar-refractivity contribution is 5.35. The normalized spacial score (nSPS) is 14.6. The van der Waals surface area contributed by atoms with Gasteiger partial charge >= 0.3 is 0 Å². The SMILES string of the molecule is CCOc1ccccc1C(C)NC(CC)C(C)C. The molecular weight excluding hydrogens is 222 g/mol. The number of ether oxygens (including phenoxy) is 1. The largest absolute Gasteiger partial charge is 0.494 e. The molecule has 0 aliphatic heterocycles. The summed E-state index contributed by atoms with van der Waals surface area (Å²) in [6, 6.07) is 9.17. The molecule has 2 heteroatoms. The van der Waals surface area contributed by atoms with Crippen LogP contribution < -0.4 is 10.1 Å². The van der Waals surface area contributed by atoms with Gasteiger partial charge in [-0.15, -0.1) is 0 Å². The van der Waals surface area contributed by atoms with Gasteiger partial charge in [-0.25, -0.2) is 0 Å². The van der Waals surface area contributed by atoms with Crippen LogP contribution in [0.2, 0.25) is 0 Å². The van der Waals surface area contributed by atoms with Gasteiger partial charge in [0.15, 0.2) is 0 Å². The topological polar surface area (TPSA) is 21.3 Å². The molecule has 0 heterocycles. The van der Waals surface area contributed by atoms with Crippen LogP contribution in [0.15, 0.2) is 24.3 Å². The predicted octanol–water partition coefficient (Wildman–Crippen LogP) is 4.17. The molecule has 0 bridgehead atoms. The summed E-state index contributed by atoms with van der Waals surface area (Å²) in [5.41, 5.74) is 1.25. The Kier molecular flexibility index (Phi) is 6.20. The van der Waals surface area contributed by atoms with Gasteiger partial charge in [-0.1, -0.05) is 39.0 Å². The van der Waals surface area contributed by atoms with Crippen LogP contribution in [0.4, 0.5) is 0 Å². The van der Waals surface area contributed by atoms with Crippen molar-refractivity contribution in [3.63, 3.8) is 0 Å². The van der Waals surface area contributed by atoms with Gasteiger partial charge in [0.2, 0.25) is 0 Å². The van der Waals surface area contributed by atoms with Crippen LogP contribution in [0.3, 0.4) is 0 Å². The highest BCUT2D eigenvalue weighted by atomic mass is 16.5. The van der Waals surface area contributed by atoms with Gasteiger partial charge in [0, 0.05) is 17.6 Å². The van der Waals surface area contributed by atoms with Crippen LogP contribution in [-0.2, 0) is 0 Å². The molecule has 2 nitrogen and oxygen atoms in total. The Morgan fingerprint density at radius 2 is 1.78 bits per heavy atom. The van der Waals surface area contributed by atoms with E-state index in [0.717, 1.165) is 12.2 Å². The van der Waals surface area contributed by atoms with E-state index >= 15 is 0 Å². The average molecular weight is 249 g/mol. The van der Waals surface area contributed by atoms with E-state index in [4.69, 9.17) is 4.74 Å². The van der Waals surface area contributed by atoms with E-state index in [0.29, 0.717) is 24.6 Å². The summed E-state index contributed by atoms with van der Waals surface area (Å²) in [4.78, 5) is 0. The summed E-state index contributed by atoms with van der Waals surface area (Å²) >= 11 is 0. The van der Waals surface area contributed by atoms with Crippen LogP contribution in [0.25, 0.3) is 0 Å². The maximum absolute atomic E-state index is 5.69. The van der Waals surface area contributed by atoms with Crippen molar-refractivity contribution in [3.8, 4) is 5.75 Å². The molecule has 0 aliphatic carbocycles. The van der Waals surface area contributed by atoms with Gasteiger partial charge < -0.3 is 10.1 Å². The third kappa shape index (κ3) is 4.02. The van der Waals surface area contributed by atoms with Crippen molar-refractivity contribution < 1.29 is 4.74 Å². The molecular formula is C16H27NO. The van der Waals surface area contributed by atoms with E-state index in [9.17, 15) is 0 Å². The van der Waals surface area contributed by atoms with E-state index in [1.165, 1.54) is 5.56 Å². The molecule has 1 rings (SSSR count). The standard InChI is InChI=1S/C16H27NO/c1-6-15(12(3)4)17-13(5)14-10-8-9-11-16(14)18-7-2/h8-13,15,17H,6-7H2,1-5H3. The van der Waals surface area contributed by atoms with Crippen molar-refractivity contribution in [2.24, 2.45) is 5.92 Å². The van der Waals surface area contributed by atoms with E-state index in [2.05, 4.69) is 45.1 Å². The molecule has 1 aromatic rings. The Morgan fingerprint density at radius 3 is 2.33 bits per heavy atom. The maximum atomic E-state index is 5.69. The van der Waals surface area contributed by atoms with Crippen molar-refractivity contribution in [1.29, 1.82) is 0 Å². The lowest BCUT2D eigenvalue weighted by atomic mass is 9.99. The van der Waals surface area contributed by atoms with E-state index in [1.807, 2.05) is 19.1 Å². The number of benzene rings is 1. The number of para-hydroxylation sites is 1. The molecule has 2 unspecified atom stereocenters. The molecule has 0 aliphatic rings. The van der Waals surface area contributed by atoms with Crippen molar-refractivity contribution in [2.75, 3.05) is 6.61 Å². The molecule has 1 N–H and O–H groups in total. The lowest BCUT2D eigenvalue weighted by Crippen LogP contribution is -2.35. The monoisotopic (exact) mass is 249 g/mol. The first-order valence-corrected chi connectivity index (χ1v) is 7.07. The number of rotatable bonds is 7. The second-order valence-electron chi connectivity index (χ2n) is 5.12. The first kappa shape index (κ1) is 15.0. The number of hydrogen-bond acceptors (Lipinski definition) is 2. The zero-order chi connectivity index (χ0) is 13.5. The Morgan fingerprint density at radius 1 is 1.11 bits per heavy atom. The molecule has 18 heavy (non-hydrogen) atoms.